The van der Waals surface area contributed by atoms with Crippen LogP contribution in [0.1, 0.15) is 30.1 Å². The van der Waals surface area contributed by atoms with Gasteiger partial charge in [0.1, 0.15) is 5.15 Å². The molecule has 3 nitrogen and oxygen atoms in total. The van der Waals surface area contributed by atoms with Crippen LogP contribution < -0.4 is 5.32 Å². The van der Waals surface area contributed by atoms with Gasteiger partial charge in [0.15, 0.2) is 0 Å². The van der Waals surface area contributed by atoms with E-state index in [4.69, 9.17) is 11.6 Å². The van der Waals surface area contributed by atoms with Gasteiger partial charge >= 0.3 is 0 Å². The van der Waals surface area contributed by atoms with Gasteiger partial charge in [-0.1, -0.05) is 11.6 Å². The third-order valence-electron chi connectivity index (χ3n) is 2.40. The van der Waals surface area contributed by atoms with Gasteiger partial charge in [-0.3, -0.25) is 4.79 Å². The summed E-state index contributed by atoms with van der Waals surface area (Å²) in [5.74, 6) is -0.0748. The lowest BCUT2D eigenvalue weighted by molar-refractivity contribution is 0.0935. The van der Waals surface area contributed by atoms with Crippen LogP contribution in [0.5, 0.6) is 0 Å². The number of nitrogens with one attached hydrogen (secondary N) is 1. The molecule has 2 rings (SSSR count). The van der Waals surface area contributed by atoms with Crippen molar-refractivity contribution in [3.8, 4) is 0 Å². The molecule has 0 radical (unpaired) electrons. The second kappa shape index (κ2) is 3.24. The first-order chi connectivity index (χ1) is 6.59. The van der Waals surface area contributed by atoms with Crippen LogP contribution in [0.2, 0.25) is 5.15 Å². The van der Waals surface area contributed by atoms with E-state index in [9.17, 15) is 4.79 Å². The predicted molar refractivity (Wildman–Crippen MR) is 54.4 cm³/mol. The van der Waals surface area contributed by atoms with Crippen molar-refractivity contribution in [3.05, 3.63) is 29.0 Å². The van der Waals surface area contributed by atoms with Gasteiger partial charge in [-0.25, -0.2) is 4.98 Å². The molecule has 0 unspecified atom stereocenters. The number of hydrogen-bond acceptors (Lipinski definition) is 2. The van der Waals surface area contributed by atoms with Crippen LogP contribution in [0.15, 0.2) is 18.3 Å². The molecule has 1 heterocycles. The van der Waals surface area contributed by atoms with E-state index in [1.807, 2.05) is 6.92 Å². The van der Waals surface area contributed by atoms with Crippen molar-refractivity contribution in [3.63, 3.8) is 0 Å². The van der Waals surface area contributed by atoms with Crippen molar-refractivity contribution in [2.75, 3.05) is 0 Å². The monoisotopic (exact) mass is 210 g/mol. The van der Waals surface area contributed by atoms with Crippen LogP contribution in [0.3, 0.4) is 0 Å². The Hall–Kier alpha value is -1.09. The predicted octanol–water partition coefficient (Wildman–Crippen LogP) is 2.02. The van der Waals surface area contributed by atoms with Crippen molar-refractivity contribution >= 4 is 17.5 Å². The van der Waals surface area contributed by atoms with E-state index in [0.29, 0.717) is 10.7 Å². The van der Waals surface area contributed by atoms with Crippen molar-refractivity contribution in [2.24, 2.45) is 0 Å². The van der Waals surface area contributed by atoms with Crippen LogP contribution in [0, 0.1) is 0 Å². The van der Waals surface area contributed by atoms with Gasteiger partial charge in [0.2, 0.25) is 0 Å². The van der Waals surface area contributed by atoms with E-state index in [0.717, 1.165) is 12.8 Å². The molecule has 0 saturated heterocycles. The van der Waals surface area contributed by atoms with E-state index in [1.165, 1.54) is 6.20 Å². The number of carbonyl (C=O) groups excluding carboxylic acids is 1. The largest absolute Gasteiger partial charge is 0.347 e. The molecule has 1 amide bonds. The van der Waals surface area contributed by atoms with Gasteiger partial charge in [0, 0.05) is 11.7 Å². The second-order valence-corrected chi connectivity index (χ2v) is 4.27. The zero-order valence-electron chi connectivity index (χ0n) is 7.88. The molecule has 1 aromatic heterocycles. The summed E-state index contributed by atoms with van der Waals surface area (Å²) in [7, 11) is 0. The van der Waals surface area contributed by atoms with Crippen LogP contribution in [-0.2, 0) is 0 Å². The molecule has 1 aliphatic rings. The Morgan fingerprint density at radius 1 is 1.57 bits per heavy atom. The first-order valence-electron chi connectivity index (χ1n) is 4.53. The molecule has 0 aliphatic heterocycles. The number of rotatable bonds is 2. The fourth-order valence-corrected chi connectivity index (χ4v) is 1.28. The van der Waals surface area contributed by atoms with Crippen molar-refractivity contribution in [1.82, 2.24) is 10.3 Å². The number of carbonyl (C=O) groups is 1. The number of nitrogens with zero attached hydrogens (tertiary/aromatic N) is 1. The quantitative estimate of drug-likeness (QED) is 0.759. The maximum Gasteiger partial charge on any atom is 0.253 e. The molecule has 4 heteroatoms. The Kier molecular flexibility index (Phi) is 2.19. The zero-order valence-corrected chi connectivity index (χ0v) is 8.64. The normalized spacial score (nSPS) is 17.6. The molecular formula is C10H11ClN2O. The maximum absolute atomic E-state index is 11.6. The summed E-state index contributed by atoms with van der Waals surface area (Å²) in [6.07, 6.45) is 3.60. The average Bonchev–Trinajstić information content (AvgIpc) is 2.84. The molecule has 0 spiro atoms. The molecule has 1 aliphatic carbocycles. The lowest BCUT2D eigenvalue weighted by atomic mass is 10.2. The molecular weight excluding hydrogens is 200 g/mol. The topological polar surface area (TPSA) is 42.0 Å². The Labute approximate surface area is 87.5 Å². The van der Waals surface area contributed by atoms with E-state index in [1.54, 1.807) is 12.1 Å². The van der Waals surface area contributed by atoms with Crippen molar-refractivity contribution in [2.45, 2.75) is 25.3 Å². The molecule has 0 aromatic carbocycles. The van der Waals surface area contributed by atoms with Gasteiger partial charge < -0.3 is 5.32 Å². The summed E-state index contributed by atoms with van der Waals surface area (Å²) in [5.41, 5.74) is 0.569. The second-order valence-electron chi connectivity index (χ2n) is 3.88. The summed E-state index contributed by atoms with van der Waals surface area (Å²) < 4.78 is 0. The van der Waals surface area contributed by atoms with E-state index < -0.39 is 0 Å². The van der Waals surface area contributed by atoms with E-state index in [2.05, 4.69) is 10.3 Å². The van der Waals surface area contributed by atoms with Crippen LogP contribution in [0.25, 0.3) is 0 Å². The Morgan fingerprint density at radius 2 is 2.29 bits per heavy atom. The molecule has 1 N–H and O–H groups in total. The molecule has 1 saturated carbocycles. The van der Waals surface area contributed by atoms with Crippen molar-refractivity contribution < 1.29 is 4.79 Å². The molecule has 14 heavy (non-hydrogen) atoms. The summed E-state index contributed by atoms with van der Waals surface area (Å²) in [5, 5.41) is 3.35. The fourth-order valence-electron chi connectivity index (χ4n) is 1.17. The number of pyridine rings is 1. The lowest BCUT2D eigenvalue weighted by Gasteiger charge is -2.10. The number of amides is 1. The standard InChI is InChI=1S/C10H11ClN2O/c1-10(4-5-10)13-9(14)7-2-3-8(11)12-6-7/h2-3,6H,4-5H2,1H3,(H,13,14). The van der Waals surface area contributed by atoms with Gasteiger partial charge in [-0.2, -0.15) is 0 Å². The average molecular weight is 211 g/mol. The van der Waals surface area contributed by atoms with E-state index >= 15 is 0 Å². The third kappa shape index (κ3) is 2.04. The summed E-state index contributed by atoms with van der Waals surface area (Å²) in [6, 6.07) is 3.29. The molecule has 74 valence electrons. The third-order valence-corrected chi connectivity index (χ3v) is 2.63. The van der Waals surface area contributed by atoms with Crippen LogP contribution in [0.4, 0.5) is 0 Å². The first-order valence-corrected chi connectivity index (χ1v) is 4.91. The highest BCUT2D eigenvalue weighted by Gasteiger charge is 2.38. The fraction of sp³-hybridized carbons (Fsp3) is 0.400. The minimum absolute atomic E-state index is 0.0106. The van der Waals surface area contributed by atoms with Gasteiger partial charge in [-0.05, 0) is 31.9 Å². The smallest absolute Gasteiger partial charge is 0.253 e. The summed E-state index contributed by atoms with van der Waals surface area (Å²) >= 11 is 5.62. The van der Waals surface area contributed by atoms with Gasteiger partial charge in [-0.15, -0.1) is 0 Å². The molecule has 0 bridgehead atoms. The van der Waals surface area contributed by atoms with Crippen molar-refractivity contribution in [1.29, 1.82) is 0 Å². The first kappa shape index (κ1) is 9.46. The number of hydrogen-bond donors (Lipinski definition) is 1. The molecule has 1 aromatic rings. The summed E-state index contributed by atoms with van der Waals surface area (Å²) in [4.78, 5) is 15.5. The Bertz CT molecular complexity index is 357. The summed E-state index contributed by atoms with van der Waals surface area (Å²) in [6.45, 7) is 2.04. The Balaban J connectivity index is 2.07. The van der Waals surface area contributed by atoms with E-state index in [-0.39, 0.29) is 11.4 Å². The number of aromatic nitrogens is 1. The molecule has 0 atom stereocenters. The zero-order chi connectivity index (χ0) is 10.2. The maximum atomic E-state index is 11.6. The highest BCUT2D eigenvalue weighted by molar-refractivity contribution is 6.29. The highest BCUT2D eigenvalue weighted by Crippen LogP contribution is 2.34. The minimum atomic E-state index is -0.0748. The lowest BCUT2D eigenvalue weighted by Crippen LogP contribution is -2.34. The minimum Gasteiger partial charge on any atom is -0.347 e. The Morgan fingerprint density at radius 3 is 2.79 bits per heavy atom. The molecule has 1 fully saturated rings. The van der Waals surface area contributed by atoms with Crippen LogP contribution >= 0.6 is 11.6 Å². The number of halogens is 1. The highest BCUT2D eigenvalue weighted by atomic mass is 35.5. The van der Waals surface area contributed by atoms with Crippen LogP contribution in [-0.4, -0.2) is 16.4 Å². The van der Waals surface area contributed by atoms with Gasteiger partial charge in [0.05, 0.1) is 5.56 Å². The SMILES string of the molecule is CC1(NC(=O)c2ccc(Cl)nc2)CC1. The van der Waals surface area contributed by atoms with Gasteiger partial charge in [0.25, 0.3) is 5.91 Å².